The summed E-state index contributed by atoms with van der Waals surface area (Å²) < 4.78 is 35.3. The summed E-state index contributed by atoms with van der Waals surface area (Å²) in [6.45, 7) is 1.49. The largest absolute Gasteiger partial charge is 0.383 e. The number of rotatable bonds is 6. The molecule has 1 aromatic heterocycles. The second-order valence-electron chi connectivity index (χ2n) is 5.25. The Morgan fingerprint density at radius 1 is 1.59 bits per heavy atom. The molecule has 1 fully saturated rings. The quantitative estimate of drug-likeness (QED) is 0.755. The number of sulfonamides is 1. The Hall–Kier alpha value is -1.03. The fraction of sp³-hybridized carbons (Fsp3) is 0.692. The number of aromatic nitrogens is 1. The zero-order valence-electron chi connectivity index (χ0n) is 12.8. The molecule has 1 aromatic rings. The van der Waals surface area contributed by atoms with Gasteiger partial charge in [0.15, 0.2) is 0 Å². The molecule has 7 nitrogen and oxygen atoms in total. The maximum atomic E-state index is 12.6. The third-order valence-electron chi connectivity index (χ3n) is 3.78. The van der Waals surface area contributed by atoms with Crippen LogP contribution in [0.4, 0.5) is 0 Å². The molecule has 9 heteroatoms. The Balaban J connectivity index is 2.05. The van der Waals surface area contributed by atoms with Crippen LogP contribution in [0.5, 0.6) is 0 Å². The van der Waals surface area contributed by atoms with E-state index >= 15 is 0 Å². The highest BCUT2D eigenvalue weighted by Crippen LogP contribution is 2.22. The highest BCUT2D eigenvalue weighted by molar-refractivity contribution is 7.89. The minimum Gasteiger partial charge on any atom is -0.383 e. The topological polar surface area (TPSA) is 79.8 Å². The lowest BCUT2D eigenvalue weighted by Gasteiger charge is -2.34. The standard InChI is InChI=1S/C13H21N3O4S2/c1-15(8-9-20-2)22(18,19)11-4-3-7-16(10-11)13(17)12-5-6-14-21-12/h5-6,11H,3-4,7-10H2,1-2H3/t11-/m0/s1. The van der Waals surface area contributed by atoms with Gasteiger partial charge in [0, 0.05) is 40.0 Å². The van der Waals surface area contributed by atoms with Crippen LogP contribution in [-0.2, 0) is 14.8 Å². The molecule has 1 amide bonds. The number of likely N-dealkylation sites (tertiary alicyclic amines) is 1. The molecule has 1 aliphatic rings. The number of nitrogens with zero attached hydrogens (tertiary/aromatic N) is 3. The molecule has 1 aliphatic heterocycles. The molecule has 2 heterocycles. The number of methoxy groups -OCH3 is 1. The molecule has 0 spiro atoms. The Morgan fingerprint density at radius 2 is 2.36 bits per heavy atom. The van der Waals surface area contributed by atoms with E-state index in [1.54, 1.807) is 24.2 Å². The molecule has 1 saturated heterocycles. The van der Waals surface area contributed by atoms with E-state index in [4.69, 9.17) is 4.74 Å². The molecule has 0 saturated carbocycles. The predicted octanol–water partition coefficient (Wildman–Crippen LogP) is 0.656. The van der Waals surface area contributed by atoms with E-state index in [0.717, 1.165) is 11.5 Å². The van der Waals surface area contributed by atoms with Crippen molar-refractivity contribution in [2.75, 3.05) is 40.4 Å². The molecule has 0 aliphatic carbocycles. The van der Waals surface area contributed by atoms with Crippen LogP contribution in [0, 0.1) is 0 Å². The SMILES string of the molecule is COCCN(C)S(=O)(=O)[C@H]1CCCN(C(=O)c2ccns2)C1. The average Bonchev–Trinajstić information content (AvgIpc) is 3.06. The van der Waals surface area contributed by atoms with Crippen LogP contribution in [0.3, 0.4) is 0 Å². The highest BCUT2D eigenvalue weighted by Gasteiger charge is 2.35. The first-order chi connectivity index (χ1) is 10.5. The van der Waals surface area contributed by atoms with E-state index in [-0.39, 0.29) is 12.5 Å². The van der Waals surface area contributed by atoms with Gasteiger partial charge in [-0.15, -0.1) is 0 Å². The van der Waals surface area contributed by atoms with E-state index in [1.165, 1.54) is 11.4 Å². The first-order valence-corrected chi connectivity index (χ1v) is 9.38. The van der Waals surface area contributed by atoms with Gasteiger partial charge in [-0.3, -0.25) is 4.79 Å². The van der Waals surface area contributed by atoms with E-state index in [1.807, 2.05) is 0 Å². The monoisotopic (exact) mass is 347 g/mol. The van der Waals surface area contributed by atoms with Crippen molar-refractivity contribution < 1.29 is 17.9 Å². The zero-order chi connectivity index (χ0) is 16.2. The zero-order valence-corrected chi connectivity index (χ0v) is 14.4. The molecule has 0 radical (unpaired) electrons. The van der Waals surface area contributed by atoms with E-state index in [2.05, 4.69) is 4.37 Å². The predicted molar refractivity (Wildman–Crippen MR) is 84.5 cm³/mol. The van der Waals surface area contributed by atoms with Crippen molar-refractivity contribution in [2.24, 2.45) is 0 Å². The van der Waals surface area contributed by atoms with Gasteiger partial charge in [-0.1, -0.05) is 0 Å². The normalized spacial score (nSPS) is 19.6. The molecule has 0 unspecified atom stereocenters. The third-order valence-corrected chi connectivity index (χ3v) is 6.79. The minimum absolute atomic E-state index is 0.137. The lowest BCUT2D eigenvalue weighted by Crippen LogP contribution is -2.49. The Labute approximate surface area is 135 Å². The number of piperidine rings is 1. The van der Waals surface area contributed by atoms with Crippen LogP contribution in [0.2, 0.25) is 0 Å². The van der Waals surface area contributed by atoms with Gasteiger partial charge in [-0.05, 0) is 30.4 Å². The smallest absolute Gasteiger partial charge is 0.265 e. The average molecular weight is 347 g/mol. The first-order valence-electron chi connectivity index (χ1n) is 7.11. The van der Waals surface area contributed by atoms with Gasteiger partial charge < -0.3 is 9.64 Å². The van der Waals surface area contributed by atoms with Gasteiger partial charge in [0.2, 0.25) is 10.0 Å². The maximum Gasteiger partial charge on any atom is 0.265 e. The molecule has 1 atom stereocenters. The van der Waals surface area contributed by atoms with Crippen LogP contribution in [0.25, 0.3) is 0 Å². The van der Waals surface area contributed by atoms with Crippen molar-refractivity contribution in [1.82, 2.24) is 13.6 Å². The van der Waals surface area contributed by atoms with Crippen molar-refractivity contribution in [3.63, 3.8) is 0 Å². The maximum absolute atomic E-state index is 12.6. The fourth-order valence-corrected chi connectivity index (χ4v) is 4.68. The van der Waals surface area contributed by atoms with Crippen LogP contribution < -0.4 is 0 Å². The Bertz CT molecular complexity index is 588. The van der Waals surface area contributed by atoms with Crippen molar-refractivity contribution in [3.05, 3.63) is 17.1 Å². The summed E-state index contributed by atoms with van der Waals surface area (Å²) in [4.78, 5) is 14.5. The Kier molecular flexibility index (Phi) is 5.90. The first kappa shape index (κ1) is 17.3. The van der Waals surface area contributed by atoms with E-state index in [9.17, 15) is 13.2 Å². The summed E-state index contributed by atoms with van der Waals surface area (Å²) >= 11 is 1.13. The number of carbonyl (C=O) groups excluding carboxylic acids is 1. The lowest BCUT2D eigenvalue weighted by molar-refractivity contribution is 0.0730. The summed E-state index contributed by atoms with van der Waals surface area (Å²) in [5.74, 6) is -0.137. The van der Waals surface area contributed by atoms with Crippen LogP contribution in [0.1, 0.15) is 22.5 Å². The van der Waals surface area contributed by atoms with Crippen LogP contribution in [-0.4, -0.2) is 73.6 Å². The number of amides is 1. The van der Waals surface area contributed by atoms with Crippen LogP contribution >= 0.6 is 11.5 Å². The van der Waals surface area contributed by atoms with Crippen molar-refractivity contribution in [3.8, 4) is 0 Å². The second-order valence-corrected chi connectivity index (χ2v) is 8.40. The number of carbonyl (C=O) groups is 1. The van der Waals surface area contributed by atoms with Crippen molar-refractivity contribution in [1.29, 1.82) is 0 Å². The van der Waals surface area contributed by atoms with Gasteiger partial charge in [0.1, 0.15) is 4.88 Å². The van der Waals surface area contributed by atoms with E-state index < -0.39 is 15.3 Å². The summed E-state index contributed by atoms with van der Waals surface area (Å²) in [6.07, 6.45) is 2.84. The summed E-state index contributed by atoms with van der Waals surface area (Å²) in [5, 5.41) is -0.556. The molecular formula is C13H21N3O4S2. The molecule has 124 valence electrons. The number of likely N-dealkylation sites (N-methyl/N-ethyl adjacent to an activating group) is 1. The van der Waals surface area contributed by atoms with E-state index in [0.29, 0.717) is 37.4 Å². The molecule has 0 bridgehead atoms. The van der Waals surface area contributed by atoms with Gasteiger partial charge >= 0.3 is 0 Å². The van der Waals surface area contributed by atoms with Gasteiger partial charge in [-0.2, -0.15) is 0 Å². The van der Waals surface area contributed by atoms with Crippen molar-refractivity contribution >= 4 is 27.5 Å². The number of hydrogen-bond donors (Lipinski definition) is 0. The second kappa shape index (κ2) is 7.49. The lowest BCUT2D eigenvalue weighted by atomic mass is 10.1. The molecule has 2 rings (SSSR count). The summed E-state index contributed by atoms with van der Waals surface area (Å²) in [5.41, 5.74) is 0. The summed E-state index contributed by atoms with van der Waals surface area (Å²) in [6, 6.07) is 1.66. The third kappa shape index (κ3) is 3.83. The highest BCUT2D eigenvalue weighted by atomic mass is 32.2. The number of ether oxygens (including phenoxy) is 1. The number of hydrogen-bond acceptors (Lipinski definition) is 6. The van der Waals surface area contributed by atoms with Crippen molar-refractivity contribution in [2.45, 2.75) is 18.1 Å². The van der Waals surface area contributed by atoms with Gasteiger partial charge in [0.05, 0.1) is 11.9 Å². The summed E-state index contributed by atoms with van der Waals surface area (Å²) in [7, 11) is -0.330. The van der Waals surface area contributed by atoms with Crippen LogP contribution in [0.15, 0.2) is 12.3 Å². The fourth-order valence-electron chi connectivity index (χ4n) is 2.45. The molecular weight excluding hydrogens is 326 g/mol. The molecule has 0 N–H and O–H groups in total. The molecule has 22 heavy (non-hydrogen) atoms. The Morgan fingerprint density at radius 3 is 3.00 bits per heavy atom. The van der Waals surface area contributed by atoms with Gasteiger partial charge in [-0.25, -0.2) is 17.1 Å². The molecule has 0 aromatic carbocycles. The van der Waals surface area contributed by atoms with Gasteiger partial charge in [0.25, 0.3) is 5.91 Å². The minimum atomic E-state index is -3.42.